The summed E-state index contributed by atoms with van der Waals surface area (Å²) in [6, 6.07) is 13.6. The monoisotopic (exact) mass is 305 g/mol. The van der Waals surface area contributed by atoms with Gasteiger partial charge in [0.1, 0.15) is 5.75 Å². The molecule has 2 aromatic rings. The molecule has 0 aliphatic carbocycles. The molecule has 0 fully saturated rings. The fourth-order valence-corrected chi connectivity index (χ4v) is 2.22. The van der Waals surface area contributed by atoms with Gasteiger partial charge in [-0.3, -0.25) is 4.79 Å². The first-order chi connectivity index (χ1) is 10.1. The van der Waals surface area contributed by atoms with E-state index in [0.29, 0.717) is 16.1 Å². The highest BCUT2D eigenvalue weighted by Gasteiger charge is 2.13. The summed E-state index contributed by atoms with van der Waals surface area (Å²) in [5, 5.41) is 22.7. The van der Waals surface area contributed by atoms with Gasteiger partial charge >= 0.3 is 0 Å². The maximum Gasteiger partial charge on any atom is 0.224 e. The van der Waals surface area contributed by atoms with Gasteiger partial charge in [-0.05, 0) is 12.1 Å². The van der Waals surface area contributed by atoms with Gasteiger partial charge in [0, 0.05) is 22.7 Å². The Bertz CT molecular complexity index is 630. The number of phenols is 1. The summed E-state index contributed by atoms with van der Waals surface area (Å²) in [6.07, 6.45) is -0.811. The molecule has 3 N–H and O–H groups in total. The van der Waals surface area contributed by atoms with Crippen LogP contribution in [-0.4, -0.2) is 22.7 Å². The molecule has 0 aliphatic heterocycles. The van der Waals surface area contributed by atoms with Crippen LogP contribution in [0.2, 0.25) is 5.02 Å². The number of hydrogen-bond acceptors (Lipinski definition) is 3. The number of carbonyl (C=O) groups excluding carboxylic acids is 1. The van der Waals surface area contributed by atoms with Crippen molar-refractivity contribution in [2.24, 2.45) is 0 Å². The van der Waals surface area contributed by atoms with Crippen molar-refractivity contribution in [3.05, 3.63) is 64.7 Å². The molecule has 5 heteroatoms. The molecule has 0 saturated carbocycles. The Kier molecular flexibility index (Phi) is 5.20. The molecular weight excluding hydrogens is 290 g/mol. The number of rotatable bonds is 5. The SMILES string of the molecule is O=C(Cc1ccccc1O)NC[C@H](O)c1ccccc1Cl. The van der Waals surface area contributed by atoms with Crippen LogP contribution in [0.5, 0.6) is 5.75 Å². The molecule has 0 spiro atoms. The number of nitrogens with one attached hydrogen (secondary N) is 1. The molecule has 0 saturated heterocycles. The van der Waals surface area contributed by atoms with E-state index in [2.05, 4.69) is 5.32 Å². The van der Waals surface area contributed by atoms with E-state index in [9.17, 15) is 15.0 Å². The Morgan fingerprint density at radius 2 is 1.81 bits per heavy atom. The van der Waals surface area contributed by atoms with Crippen LogP contribution in [0.1, 0.15) is 17.2 Å². The highest BCUT2D eigenvalue weighted by Crippen LogP contribution is 2.22. The second-order valence-electron chi connectivity index (χ2n) is 4.65. The molecule has 0 aliphatic rings. The van der Waals surface area contributed by atoms with Crippen LogP contribution in [0.4, 0.5) is 0 Å². The average Bonchev–Trinajstić information content (AvgIpc) is 2.48. The van der Waals surface area contributed by atoms with E-state index in [1.165, 1.54) is 6.07 Å². The van der Waals surface area contributed by atoms with Crippen molar-refractivity contribution >= 4 is 17.5 Å². The number of benzene rings is 2. The second kappa shape index (κ2) is 7.11. The zero-order chi connectivity index (χ0) is 15.2. The summed E-state index contributed by atoms with van der Waals surface area (Å²) in [7, 11) is 0. The number of halogens is 1. The third-order valence-electron chi connectivity index (χ3n) is 3.10. The summed E-state index contributed by atoms with van der Waals surface area (Å²) in [4.78, 5) is 11.8. The van der Waals surface area contributed by atoms with Crippen molar-refractivity contribution in [1.29, 1.82) is 0 Å². The zero-order valence-corrected chi connectivity index (χ0v) is 12.0. The van der Waals surface area contributed by atoms with Gasteiger partial charge in [-0.2, -0.15) is 0 Å². The summed E-state index contributed by atoms with van der Waals surface area (Å²) < 4.78 is 0. The number of aliphatic hydroxyl groups is 1. The smallest absolute Gasteiger partial charge is 0.224 e. The predicted molar refractivity (Wildman–Crippen MR) is 81.2 cm³/mol. The highest BCUT2D eigenvalue weighted by molar-refractivity contribution is 6.31. The molecule has 110 valence electrons. The van der Waals surface area contributed by atoms with Gasteiger partial charge in [0.25, 0.3) is 0 Å². The van der Waals surface area contributed by atoms with Gasteiger partial charge in [0.15, 0.2) is 0 Å². The van der Waals surface area contributed by atoms with E-state index in [0.717, 1.165) is 0 Å². The number of hydrogen-bond donors (Lipinski definition) is 3. The molecule has 2 aromatic carbocycles. The van der Waals surface area contributed by atoms with Crippen LogP contribution < -0.4 is 5.32 Å². The third-order valence-corrected chi connectivity index (χ3v) is 3.44. The minimum atomic E-state index is -0.868. The number of para-hydroxylation sites is 1. The Hall–Kier alpha value is -2.04. The van der Waals surface area contributed by atoms with Gasteiger partial charge in [0.2, 0.25) is 5.91 Å². The number of carbonyl (C=O) groups is 1. The molecule has 0 unspecified atom stereocenters. The summed E-state index contributed by atoms with van der Waals surface area (Å²) in [5.74, 6) is -0.193. The van der Waals surface area contributed by atoms with Crippen LogP contribution in [-0.2, 0) is 11.2 Å². The van der Waals surface area contributed by atoms with Crippen LogP contribution >= 0.6 is 11.6 Å². The maximum atomic E-state index is 11.8. The van der Waals surface area contributed by atoms with Crippen molar-refractivity contribution in [3.63, 3.8) is 0 Å². The average molecular weight is 306 g/mol. The van der Waals surface area contributed by atoms with E-state index in [4.69, 9.17) is 11.6 Å². The maximum absolute atomic E-state index is 11.8. The first-order valence-electron chi connectivity index (χ1n) is 6.54. The molecule has 2 rings (SSSR count). The van der Waals surface area contributed by atoms with Gasteiger partial charge < -0.3 is 15.5 Å². The minimum Gasteiger partial charge on any atom is -0.508 e. The summed E-state index contributed by atoms with van der Waals surface area (Å²) >= 11 is 5.98. The molecule has 0 bridgehead atoms. The van der Waals surface area contributed by atoms with Gasteiger partial charge in [0.05, 0.1) is 12.5 Å². The molecule has 4 nitrogen and oxygen atoms in total. The molecule has 21 heavy (non-hydrogen) atoms. The molecule has 1 atom stereocenters. The molecular formula is C16H16ClNO3. The van der Waals surface area contributed by atoms with E-state index >= 15 is 0 Å². The van der Waals surface area contributed by atoms with Crippen molar-refractivity contribution < 1.29 is 15.0 Å². The standard InChI is InChI=1S/C16H16ClNO3/c17-13-7-3-2-6-12(13)15(20)10-18-16(21)9-11-5-1-4-8-14(11)19/h1-8,15,19-20H,9-10H2,(H,18,21)/t15-/m0/s1. The first kappa shape index (κ1) is 15.4. The predicted octanol–water partition coefficient (Wildman–Crippen LogP) is 2.44. The van der Waals surface area contributed by atoms with E-state index in [-0.39, 0.29) is 24.6 Å². The molecule has 1 amide bonds. The first-order valence-corrected chi connectivity index (χ1v) is 6.92. The van der Waals surface area contributed by atoms with Gasteiger partial charge in [-0.1, -0.05) is 48.0 Å². The van der Waals surface area contributed by atoms with Gasteiger partial charge in [-0.25, -0.2) is 0 Å². The Labute approximate surface area is 128 Å². The Morgan fingerprint density at radius 1 is 1.14 bits per heavy atom. The van der Waals surface area contributed by atoms with Crippen LogP contribution in [0.3, 0.4) is 0 Å². The lowest BCUT2D eigenvalue weighted by Gasteiger charge is -2.13. The van der Waals surface area contributed by atoms with Crippen LogP contribution in [0.15, 0.2) is 48.5 Å². The normalized spacial score (nSPS) is 11.9. The molecule has 0 aromatic heterocycles. The zero-order valence-electron chi connectivity index (χ0n) is 11.3. The van der Waals surface area contributed by atoms with Gasteiger partial charge in [-0.15, -0.1) is 0 Å². The van der Waals surface area contributed by atoms with Crippen LogP contribution in [0.25, 0.3) is 0 Å². The number of aliphatic hydroxyl groups excluding tert-OH is 1. The molecule has 0 heterocycles. The fraction of sp³-hybridized carbons (Fsp3) is 0.188. The summed E-state index contributed by atoms with van der Waals surface area (Å²) in [5.41, 5.74) is 1.12. The Balaban J connectivity index is 1.90. The quantitative estimate of drug-likeness (QED) is 0.794. The largest absolute Gasteiger partial charge is 0.508 e. The van der Waals surface area contributed by atoms with E-state index in [1.54, 1.807) is 42.5 Å². The topological polar surface area (TPSA) is 69.6 Å². The van der Waals surface area contributed by atoms with Crippen molar-refractivity contribution in [2.45, 2.75) is 12.5 Å². The second-order valence-corrected chi connectivity index (χ2v) is 5.05. The van der Waals surface area contributed by atoms with Crippen molar-refractivity contribution in [3.8, 4) is 5.75 Å². The lowest BCUT2D eigenvalue weighted by molar-refractivity contribution is -0.120. The van der Waals surface area contributed by atoms with Crippen molar-refractivity contribution in [2.75, 3.05) is 6.54 Å². The van der Waals surface area contributed by atoms with E-state index < -0.39 is 6.10 Å². The lowest BCUT2D eigenvalue weighted by atomic mass is 10.1. The lowest BCUT2D eigenvalue weighted by Crippen LogP contribution is -2.29. The minimum absolute atomic E-state index is 0.0575. The summed E-state index contributed by atoms with van der Waals surface area (Å²) in [6.45, 7) is 0.0656. The third kappa shape index (κ3) is 4.21. The fourth-order valence-electron chi connectivity index (χ4n) is 1.96. The molecule has 0 radical (unpaired) electrons. The van der Waals surface area contributed by atoms with Crippen molar-refractivity contribution in [1.82, 2.24) is 5.32 Å². The van der Waals surface area contributed by atoms with Crippen LogP contribution in [0, 0.1) is 0 Å². The Morgan fingerprint density at radius 3 is 2.52 bits per heavy atom. The highest BCUT2D eigenvalue weighted by atomic mass is 35.5. The van der Waals surface area contributed by atoms with E-state index in [1.807, 2.05) is 0 Å². The number of phenolic OH excluding ortho intramolecular Hbond substituents is 1. The number of aromatic hydroxyl groups is 1. The number of amides is 1.